The lowest BCUT2D eigenvalue weighted by molar-refractivity contribution is -0.119. The van der Waals surface area contributed by atoms with Crippen LogP contribution in [-0.2, 0) is 11.3 Å². The lowest BCUT2D eigenvalue weighted by Crippen LogP contribution is -2.38. The topological polar surface area (TPSA) is 56.7 Å². The molecule has 1 aliphatic carbocycles. The standard InChI is InChI=1S/C17H24N4O/c1-18-17(20-14-7-8-14)19-12-13-5-9-15(10-6-13)21-11-3-2-4-16(21)22/h5-6,9-10,14H,2-4,7-8,11-12H2,1H3,(H2,18,19,20). The van der Waals surface area contributed by atoms with Crippen molar-refractivity contribution in [3.8, 4) is 0 Å². The summed E-state index contributed by atoms with van der Waals surface area (Å²) in [6.07, 6.45) is 5.26. The van der Waals surface area contributed by atoms with Crippen molar-refractivity contribution in [2.24, 2.45) is 4.99 Å². The zero-order valence-electron chi connectivity index (χ0n) is 13.1. The van der Waals surface area contributed by atoms with E-state index < -0.39 is 0 Å². The lowest BCUT2D eigenvalue weighted by atomic mass is 10.1. The molecule has 5 nitrogen and oxygen atoms in total. The number of rotatable bonds is 4. The highest BCUT2D eigenvalue weighted by Crippen LogP contribution is 2.21. The number of nitrogens with zero attached hydrogens (tertiary/aromatic N) is 2. The second-order valence-electron chi connectivity index (χ2n) is 6.01. The molecule has 1 aromatic carbocycles. The minimum absolute atomic E-state index is 0.242. The highest BCUT2D eigenvalue weighted by molar-refractivity contribution is 5.93. The zero-order valence-corrected chi connectivity index (χ0v) is 13.1. The third-order valence-electron chi connectivity index (χ3n) is 4.17. The monoisotopic (exact) mass is 300 g/mol. The molecule has 3 rings (SSSR count). The molecular weight excluding hydrogens is 276 g/mol. The van der Waals surface area contributed by atoms with Gasteiger partial charge >= 0.3 is 0 Å². The fourth-order valence-electron chi connectivity index (χ4n) is 2.67. The van der Waals surface area contributed by atoms with Crippen molar-refractivity contribution in [2.45, 2.75) is 44.7 Å². The van der Waals surface area contributed by atoms with Crippen molar-refractivity contribution >= 4 is 17.6 Å². The third kappa shape index (κ3) is 3.78. The molecule has 5 heteroatoms. The Labute approximate surface area is 131 Å². The highest BCUT2D eigenvalue weighted by atomic mass is 16.2. The van der Waals surface area contributed by atoms with Crippen LogP contribution in [0.3, 0.4) is 0 Å². The van der Waals surface area contributed by atoms with E-state index in [0.717, 1.165) is 37.6 Å². The average molecular weight is 300 g/mol. The predicted molar refractivity (Wildman–Crippen MR) is 89.0 cm³/mol. The smallest absolute Gasteiger partial charge is 0.226 e. The summed E-state index contributed by atoms with van der Waals surface area (Å²) in [5.74, 6) is 1.10. The summed E-state index contributed by atoms with van der Waals surface area (Å²) in [6.45, 7) is 1.58. The van der Waals surface area contributed by atoms with Crippen molar-refractivity contribution in [1.82, 2.24) is 10.6 Å². The Bertz CT molecular complexity index is 548. The van der Waals surface area contributed by atoms with Gasteiger partial charge in [-0.1, -0.05) is 12.1 Å². The van der Waals surface area contributed by atoms with Crippen molar-refractivity contribution in [2.75, 3.05) is 18.5 Å². The number of hydrogen-bond donors (Lipinski definition) is 2. The van der Waals surface area contributed by atoms with Crippen LogP contribution in [0.5, 0.6) is 0 Å². The van der Waals surface area contributed by atoms with Crippen molar-refractivity contribution < 1.29 is 4.79 Å². The van der Waals surface area contributed by atoms with Gasteiger partial charge in [0.1, 0.15) is 0 Å². The first-order valence-corrected chi connectivity index (χ1v) is 8.13. The number of carbonyl (C=O) groups is 1. The molecule has 0 aromatic heterocycles. The molecule has 0 unspecified atom stereocenters. The average Bonchev–Trinajstić information content (AvgIpc) is 3.36. The van der Waals surface area contributed by atoms with Crippen LogP contribution in [0.2, 0.25) is 0 Å². The normalized spacial score (nSPS) is 19.2. The molecule has 1 aliphatic heterocycles. The molecular formula is C17H24N4O. The van der Waals surface area contributed by atoms with E-state index in [2.05, 4.69) is 27.8 Å². The van der Waals surface area contributed by atoms with Gasteiger partial charge in [-0.05, 0) is 43.4 Å². The van der Waals surface area contributed by atoms with E-state index >= 15 is 0 Å². The van der Waals surface area contributed by atoms with Gasteiger partial charge in [-0.3, -0.25) is 9.79 Å². The largest absolute Gasteiger partial charge is 0.354 e. The zero-order chi connectivity index (χ0) is 15.4. The number of guanidine groups is 1. The van der Waals surface area contributed by atoms with Gasteiger partial charge in [0.05, 0.1) is 0 Å². The molecule has 0 radical (unpaired) electrons. The van der Waals surface area contributed by atoms with E-state index in [0.29, 0.717) is 12.5 Å². The van der Waals surface area contributed by atoms with Gasteiger partial charge in [0.25, 0.3) is 0 Å². The van der Waals surface area contributed by atoms with E-state index in [1.54, 1.807) is 7.05 Å². The summed E-state index contributed by atoms with van der Waals surface area (Å²) in [5.41, 5.74) is 2.20. The maximum absolute atomic E-state index is 11.9. The number of benzene rings is 1. The van der Waals surface area contributed by atoms with E-state index in [-0.39, 0.29) is 5.91 Å². The molecule has 0 spiro atoms. The van der Waals surface area contributed by atoms with Gasteiger partial charge in [-0.25, -0.2) is 0 Å². The number of piperidine rings is 1. The molecule has 118 valence electrons. The number of amides is 1. The van der Waals surface area contributed by atoms with E-state index in [1.165, 1.54) is 18.4 Å². The first kappa shape index (κ1) is 14.9. The van der Waals surface area contributed by atoms with E-state index in [9.17, 15) is 4.79 Å². The van der Waals surface area contributed by atoms with Crippen molar-refractivity contribution in [1.29, 1.82) is 0 Å². The minimum Gasteiger partial charge on any atom is -0.354 e. The fraction of sp³-hybridized carbons (Fsp3) is 0.529. The number of carbonyl (C=O) groups excluding carboxylic acids is 1. The number of aliphatic imine (C=N–C) groups is 1. The van der Waals surface area contributed by atoms with Crippen LogP contribution < -0.4 is 15.5 Å². The van der Waals surface area contributed by atoms with Gasteiger partial charge < -0.3 is 15.5 Å². The Hall–Kier alpha value is -2.04. The molecule has 1 saturated carbocycles. The summed E-state index contributed by atoms with van der Waals surface area (Å²) in [7, 11) is 1.79. The molecule has 1 heterocycles. The molecule has 1 amide bonds. The van der Waals surface area contributed by atoms with E-state index in [4.69, 9.17) is 0 Å². The lowest BCUT2D eigenvalue weighted by Gasteiger charge is -2.26. The Balaban J connectivity index is 1.55. The Morgan fingerprint density at radius 3 is 2.68 bits per heavy atom. The van der Waals surface area contributed by atoms with Gasteiger partial charge in [0.2, 0.25) is 5.91 Å². The molecule has 0 atom stereocenters. The predicted octanol–water partition coefficient (Wildman–Crippen LogP) is 2.03. The van der Waals surface area contributed by atoms with Crippen LogP contribution in [0, 0.1) is 0 Å². The summed E-state index contributed by atoms with van der Waals surface area (Å²) < 4.78 is 0. The highest BCUT2D eigenvalue weighted by Gasteiger charge is 2.22. The van der Waals surface area contributed by atoms with Crippen LogP contribution in [-0.4, -0.2) is 31.5 Å². The van der Waals surface area contributed by atoms with Crippen molar-refractivity contribution in [3.05, 3.63) is 29.8 Å². The maximum atomic E-state index is 11.9. The first-order valence-electron chi connectivity index (χ1n) is 8.13. The second-order valence-corrected chi connectivity index (χ2v) is 6.01. The second kappa shape index (κ2) is 6.81. The van der Waals surface area contributed by atoms with Gasteiger partial charge in [-0.2, -0.15) is 0 Å². The summed E-state index contributed by atoms with van der Waals surface area (Å²) in [5, 5.41) is 6.69. The number of hydrogen-bond acceptors (Lipinski definition) is 2. The summed E-state index contributed by atoms with van der Waals surface area (Å²) >= 11 is 0. The summed E-state index contributed by atoms with van der Waals surface area (Å²) in [4.78, 5) is 18.1. The van der Waals surface area contributed by atoms with Crippen LogP contribution in [0.25, 0.3) is 0 Å². The number of anilines is 1. The van der Waals surface area contributed by atoms with Crippen LogP contribution >= 0.6 is 0 Å². The fourth-order valence-corrected chi connectivity index (χ4v) is 2.67. The molecule has 22 heavy (non-hydrogen) atoms. The minimum atomic E-state index is 0.242. The van der Waals surface area contributed by atoms with E-state index in [1.807, 2.05) is 17.0 Å². The summed E-state index contributed by atoms with van der Waals surface area (Å²) in [6, 6.07) is 8.83. The van der Waals surface area contributed by atoms with Gasteiger partial charge in [0, 0.05) is 38.3 Å². The third-order valence-corrected chi connectivity index (χ3v) is 4.17. The first-order chi connectivity index (χ1) is 10.8. The molecule has 2 N–H and O–H groups in total. The van der Waals surface area contributed by atoms with Crippen LogP contribution in [0.4, 0.5) is 5.69 Å². The number of nitrogens with one attached hydrogen (secondary N) is 2. The molecule has 2 fully saturated rings. The molecule has 0 bridgehead atoms. The Morgan fingerprint density at radius 1 is 1.27 bits per heavy atom. The quantitative estimate of drug-likeness (QED) is 0.661. The van der Waals surface area contributed by atoms with Crippen LogP contribution in [0.15, 0.2) is 29.3 Å². The molecule has 1 aromatic rings. The van der Waals surface area contributed by atoms with Crippen LogP contribution in [0.1, 0.15) is 37.7 Å². The Morgan fingerprint density at radius 2 is 2.05 bits per heavy atom. The molecule has 2 aliphatic rings. The van der Waals surface area contributed by atoms with Crippen molar-refractivity contribution in [3.63, 3.8) is 0 Å². The van der Waals surface area contributed by atoms with Gasteiger partial charge in [0.15, 0.2) is 5.96 Å². The SMILES string of the molecule is CN=C(NCc1ccc(N2CCCCC2=O)cc1)NC1CC1. The Kier molecular flexibility index (Phi) is 4.61. The molecule has 1 saturated heterocycles. The van der Waals surface area contributed by atoms with Gasteiger partial charge in [-0.15, -0.1) is 0 Å². The maximum Gasteiger partial charge on any atom is 0.226 e.